The van der Waals surface area contributed by atoms with Crippen molar-refractivity contribution in [3.8, 4) is 5.75 Å². The Bertz CT molecular complexity index is 681. The van der Waals surface area contributed by atoms with Crippen molar-refractivity contribution in [1.29, 1.82) is 0 Å². The molecule has 0 amide bonds. The smallest absolute Gasteiger partial charge is 0.119 e. The molecular weight excluding hydrogens is 354 g/mol. The van der Waals surface area contributed by atoms with Crippen LogP contribution in [0.1, 0.15) is 25.8 Å². The van der Waals surface area contributed by atoms with Gasteiger partial charge in [-0.05, 0) is 56.0 Å². The number of hydrogen-bond donors (Lipinski definition) is 1. The fourth-order valence-electron chi connectivity index (χ4n) is 2.86. The second-order valence-electron chi connectivity index (χ2n) is 6.56. The summed E-state index contributed by atoms with van der Waals surface area (Å²) in [5, 5.41) is 0.742. The van der Waals surface area contributed by atoms with E-state index in [0.717, 1.165) is 41.7 Å². The Kier molecular flexibility index (Phi) is 6.59. The van der Waals surface area contributed by atoms with Gasteiger partial charge in [0.05, 0.1) is 16.0 Å². The summed E-state index contributed by atoms with van der Waals surface area (Å²) < 4.78 is 9.21. The molecule has 0 saturated carbocycles. The number of benzene rings is 1. The number of rotatable bonds is 7. The summed E-state index contributed by atoms with van der Waals surface area (Å²) in [5.41, 5.74) is 1.32. The molecule has 134 valence electrons. The standard InChI is InChI=1S/C19H24ClN3OS/c1-14(2)24-17-5-3-15(4-6-17)12-23-10-8-16(13-23)22-25-19-11-21-9-7-18(19)20/h3-7,9,11,14,16,22H,8,10,12-13H2,1-2H3. The third kappa shape index (κ3) is 5.61. The molecule has 6 heteroatoms. The summed E-state index contributed by atoms with van der Waals surface area (Å²) in [4.78, 5) is 7.57. The van der Waals surface area contributed by atoms with Crippen LogP contribution >= 0.6 is 23.5 Å². The number of nitrogens with zero attached hydrogens (tertiary/aromatic N) is 2. The number of hydrogen-bond acceptors (Lipinski definition) is 5. The van der Waals surface area contributed by atoms with Gasteiger partial charge in [0.15, 0.2) is 0 Å². The van der Waals surface area contributed by atoms with Gasteiger partial charge in [0.2, 0.25) is 0 Å². The first-order chi connectivity index (χ1) is 12.1. The van der Waals surface area contributed by atoms with Crippen LogP contribution in [0.15, 0.2) is 47.6 Å². The Morgan fingerprint density at radius 3 is 2.84 bits per heavy atom. The van der Waals surface area contributed by atoms with Crippen LogP contribution in [0.5, 0.6) is 5.75 Å². The van der Waals surface area contributed by atoms with E-state index in [1.54, 1.807) is 24.3 Å². The zero-order chi connectivity index (χ0) is 17.6. The number of aromatic nitrogens is 1. The first-order valence-corrected chi connectivity index (χ1v) is 9.79. The van der Waals surface area contributed by atoms with E-state index in [-0.39, 0.29) is 6.10 Å². The van der Waals surface area contributed by atoms with E-state index in [0.29, 0.717) is 6.04 Å². The molecule has 2 aromatic rings. The Morgan fingerprint density at radius 1 is 1.32 bits per heavy atom. The van der Waals surface area contributed by atoms with Gasteiger partial charge in [-0.1, -0.05) is 23.7 Å². The van der Waals surface area contributed by atoms with Crippen molar-refractivity contribution in [3.63, 3.8) is 0 Å². The highest BCUT2D eigenvalue weighted by Gasteiger charge is 2.22. The molecule has 4 nitrogen and oxygen atoms in total. The minimum atomic E-state index is 0.210. The molecule has 0 spiro atoms. The van der Waals surface area contributed by atoms with Gasteiger partial charge in [-0.15, -0.1) is 0 Å². The van der Waals surface area contributed by atoms with E-state index in [1.807, 2.05) is 19.9 Å². The van der Waals surface area contributed by atoms with Crippen LogP contribution in [0.2, 0.25) is 5.02 Å². The van der Waals surface area contributed by atoms with Gasteiger partial charge < -0.3 is 4.74 Å². The van der Waals surface area contributed by atoms with Gasteiger partial charge in [0.25, 0.3) is 0 Å². The summed E-state index contributed by atoms with van der Waals surface area (Å²) >= 11 is 7.74. The molecule has 1 aromatic heterocycles. The van der Waals surface area contributed by atoms with Crippen molar-refractivity contribution < 1.29 is 4.74 Å². The van der Waals surface area contributed by atoms with E-state index in [2.05, 4.69) is 38.9 Å². The van der Waals surface area contributed by atoms with Crippen LogP contribution < -0.4 is 9.46 Å². The molecule has 0 bridgehead atoms. The molecule has 0 radical (unpaired) electrons. The molecule has 3 rings (SSSR count). The van der Waals surface area contributed by atoms with Gasteiger partial charge in [-0.25, -0.2) is 0 Å². The average molecular weight is 378 g/mol. The number of ether oxygens (including phenoxy) is 1. The van der Waals surface area contributed by atoms with Crippen LogP contribution in [0, 0.1) is 0 Å². The molecule has 1 aliphatic rings. The Labute approximate surface area is 159 Å². The van der Waals surface area contributed by atoms with Crippen LogP contribution in [0.4, 0.5) is 0 Å². The van der Waals surface area contributed by atoms with Gasteiger partial charge in [0.1, 0.15) is 5.75 Å². The molecular formula is C19H24ClN3OS. The monoisotopic (exact) mass is 377 g/mol. The maximum absolute atomic E-state index is 6.17. The second-order valence-corrected chi connectivity index (χ2v) is 7.84. The summed E-state index contributed by atoms with van der Waals surface area (Å²) in [6, 6.07) is 10.7. The predicted octanol–water partition coefficient (Wildman–Crippen LogP) is 4.39. The highest BCUT2D eigenvalue weighted by Crippen LogP contribution is 2.25. The van der Waals surface area contributed by atoms with Crippen LogP contribution in [0.25, 0.3) is 0 Å². The summed E-state index contributed by atoms with van der Waals surface area (Å²) in [5.74, 6) is 0.935. The zero-order valence-electron chi connectivity index (χ0n) is 14.6. The number of nitrogens with one attached hydrogen (secondary N) is 1. The average Bonchev–Trinajstić information content (AvgIpc) is 3.03. The largest absolute Gasteiger partial charge is 0.491 e. The lowest BCUT2D eigenvalue weighted by Crippen LogP contribution is -2.28. The minimum absolute atomic E-state index is 0.210. The highest BCUT2D eigenvalue weighted by atomic mass is 35.5. The van der Waals surface area contributed by atoms with Crippen molar-refractivity contribution in [2.24, 2.45) is 0 Å². The van der Waals surface area contributed by atoms with Gasteiger partial charge in [-0.2, -0.15) is 0 Å². The highest BCUT2D eigenvalue weighted by molar-refractivity contribution is 7.97. The SMILES string of the molecule is CC(C)Oc1ccc(CN2CCC(NSc3cnccc3Cl)C2)cc1. The van der Waals surface area contributed by atoms with E-state index in [9.17, 15) is 0 Å². The van der Waals surface area contributed by atoms with E-state index < -0.39 is 0 Å². The molecule has 1 fully saturated rings. The minimum Gasteiger partial charge on any atom is -0.491 e. The number of pyridine rings is 1. The van der Waals surface area contributed by atoms with E-state index in [1.165, 1.54) is 5.56 Å². The maximum Gasteiger partial charge on any atom is 0.119 e. The van der Waals surface area contributed by atoms with Gasteiger partial charge in [-0.3, -0.25) is 14.6 Å². The molecule has 1 aromatic carbocycles. The maximum atomic E-state index is 6.17. The van der Waals surface area contributed by atoms with Gasteiger partial charge >= 0.3 is 0 Å². The van der Waals surface area contributed by atoms with Crippen LogP contribution in [0.3, 0.4) is 0 Å². The quantitative estimate of drug-likeness (QED) is 0.724. The summed E-state index contributed by atoms with van der Waals surface area (Å²) in [7, 11) is 0. The second kappa shape index (κ2) is 8.90. The zero-order valence-corrected chi connectivity index (χ0v) is 16.2. The lowest BCUT2D eigenvalue weighted by Gasteiger charge is -2.17. The molecule has 1 atom stereocenters. The summed E-state index contributed by atoms with van der Waals surface area (Å²) in [6.45, 7) is 7.20. The Balaban J connectivity index is 1.45. The predicted molar refractivity (Wildman–Crippen MR) is 104 cm³/mol. The summed E-state index contributed by atoms with van der Waals surface area (Å²) in [6.07, 6.45) is 4.86. The Hall–Kier alpha value is -1.27. The molecule has 2 heterocycles. The third-order valence-corrected chi connectivity index (χ3v) is 5.48. The van der Waals surface area contributed by atoms with Crippen molar-refractivity contribution >= 4 is 23.5 Å². The molecule has 0 aliphatic carbocycles. The van der Waals surface area contributed by atoms with E-state index >= 15 is 0 Å². The molecule has 1 saturated heterocycles. The van der Waals surface area contributed by atoms with Crippen LogP contribution in [-0.4, -0.2) is 35.1 Å². The number of halogens is 1. The molecule has 25 heavy (non-hydrogen) atoms. The topological polar surface area (TPSA) is 37.4 Å². The van der Waals surface area contributed by atoms with Crippen molar-refractivity contribution in [2.45, 2.75) is 43.9 Å². The van der Waals surface area contributed by atoms with Gasteiger partial charge in [0, 0.05) is 38.1 Å². The first-order valence-electron chi connectivity index (χ1n) is 8.60. The van der Waals surface area contributed by atoms with Crippen LogP contribution in [-0.2, 0) is 6.54 Å². The first kappa shape index (κ1) is 18.5. The Morgan fingerprint density at radius 2 is 2.12 bits per heavy atom. The molecule has 1 aliphatic heterocycles. The normalized spacial score (nSPS) is 18.0. The number of likely N-dealkylation sites (tertiary alicyclic amines) is 1. The van der Waals surface area contributed by atoms with Crippen molar-refractivity contribution in [2.75, 3.05) is 13.1 Å². The van der Waals surface area contributed by atoms with E-state index in [4.69, 9.17) is 16.3 Å². The van der Waals surface area contributed by atoms with Crippen molar-refractivity contribution in [3.05, 3.63) is 53.3 Å². The fourth-order valence-corrected chi connectivity index (χ4v) is 3.85. The fraction of sp³-hybridized carbons (Fsp3) is 0.421. The third-order valence-electron chi connectivity index (χ3n) is 4.04. The lowest BCUT2D eigenvalue weighted by molar-refractivity contribution is 0.242. The molecule has 1 unspecified atom stereocenters. The van der Waals surface area contributed by atoms with Crippen molar-refractivity contribution in [1.82, 2.24) is 14.6 Å². The lowest BCUT2D eigenvalue weighted by atomic mass is 10.2. The molecule has 1 N–H and O–H groups in total.